The largest absolute Gasteiger partial charge is 0.514 e. The fourth-order valence-corrected chi connectivity index (χ4v) is 5.01. The highest BCUT2D eigenvalue weighted by Crippen LogP contribution is 2.26. The van der Waals surface area contributed by atoms with Crippen LogP contribution in [0, 0.1) is 18.8 Å². The number of nitrogens with zero attached hydrogens (tertiary/aromatic N) is 1. The Balaban J connectivity index is 0.974. The first-order valence-corrected chi connectivity index (χ1v) is 15.8. The van der Waals surface area contributed by atoms with Crippen molar-refractivity contribution in [2.75, 3.05) is 11.4 Å². The third kappa shape index (κ3) is 9.81. The standard InChI is InChI=1S/C39H36N2O7/c1-28-14-20-34(21-15-28)48-39(45)46-27-29-16-22-33(23-17-29)47-38(44)13-7-6-12-36(42)40-25-24-37(43)41-26-32-10-3-2-8-30(32)18-19-31-9-4-5-11-35(31)41/h2-5,8-11,14-17,20-23H,6-7,12-13,24-27H2,1H3,(H,40,42). The number of para-hydroxylation sites is 1. The molecule has 5 rings (SSSR count). The fraction of sp³-hybridized carbons (Fsp3) is 0.231. The second kappa shape index (κ2) is 16.6. The molecule has 0 fully saturated rings. The van der Waals surface area contributed by atoms with Crippen LogP contribution in [0.25, 0.3) is 0 Å². The molecule has 0 spiro atoms. The second-order valence-corrected chi connectivity index (χ2v) is 11.3. The molecular formula is C39H36N2O7. The van der Waals surface area contributed by atoms with Gasteiger partial charge in [-0.2, -0.15) is 0 Å². The predicted molar refractivity (Wildman–Crippen MR) is 180 cm³/mol. The summed E-state index contributed by atoms with van der Waals surface area (Å²) in [6, 6.07) is 29.0. The van der Waals surface area contributed by atoms with Gasteiger partial charge >= 0.3 is 12.1 Å². The molecule has 2 amide bonds. The summed E-state index contributed by atoms with van der Waals surface area (Å²) in [5.74, 6) is 6.46. The lowest BCUT2D eigenvalue weighted by Crippen LogP contribution is -2.35. The van der Waals surface area contributed by atoms with E-state index in [9.17, 15) is 19.2 Å². The first kappa shape index (κ1) is 33.5. The van der Waals surface area contributed by atoms with Gasteiger partial charge in [0.2, 0.25) is 11.8 Å². The van der Waals surface area contributed by atoms with Crippen LogP contribution < -0.4 is 19.7 Å². The van der Waals surface area contributed by atoms with Gasteiger partial charge in [-0.15, -0.1) is 0 Å². The molecule has 0 saturated carbocycles. The summed E-state index contributed by atoms with van der Waals surface area (Å²) in [7, 11) is 0. The number of nitrogens with one attached hydrogen (secondary N) is 1. The van der Waals surface area contributed by atoms with Gasteiger partial charge in [0.15, 0.2) is 0 Å². The number of unbranched alkanes of at least 4 members (excludes halogenated alkanes) is 1. The number of aryl methyl sites for hydroxylation is 1. The van der Waals surface area contributed by atoms with Crippen molar-refractivity contribution in [1.29, 1.82) is 0 Å². The van der Waals surface area contributed by atoms with Gasteiger partial charge in [0.25, 0.3) is 0 Å². The van der Waals surface area contributed by atoms with Crippen molar-refractivity contribution in [2.24, 2.45) is 0 Å². The topological polar surface area (TPSA) is 111 Å². The van der Waals surface area contributed by atoms with Crippen molar-refractivity contribution in [1.82, 2.24) is 5.32 Å². The summed E-state index contributed by atoms with van der Waals surface area (Å²) in [6.07, 6.45) is 0.695. The Bertz CT molecular complexity index is 1820. The van der Waals surface area contributed by atoms with Gasteiger partial charge in [-0.1, -0.05) is 72.0 Å². The van der Waals surface area contributed by atoms with Crippen LogP contribution in [0.15, 0.2) is 97.1 Å². The molecule has 0 bridgehead atoms. The number of carbonyl (C=O) groups excluding carboxylic acids is 4. The molecule has 0 aliphatic carbocycles. The number of hydrogen-bond acceptors (Lipinski definition) is 7. The van der Waals surface area contributed by atoms with Crippen LogP contribution in [0.5, 0.6) is 11.5 Å². The third-order valence-corrected chi connectivity index (χ3v) is 7.60. The van der Waals surface area contributed by atoms with E-state index in [2.05, 4.69) is 17.2 Å². The van der Waals surface area contributed by atoms with Crippen LogP contribution >= 0.6 is 0 Å². The zero-order valence-electron chi connectivity index (χ0n) is 26.7. The molecule has 1 heterocycles. The molecule has 48 heavy (non-hydrogen) atoms. The van der Waals surface area contributed by atoms with Crippen LogP contribution in [0.3, 0.4) is 0 Å². The molecular weight excluding hydrogens is 608 g/mol. The number of esters is 1. The average molecular weight is 645 g/mol. The molecule has 0 aromatic heterocycles. The highest BCUT2D eigenvalue weighted by Gasteiger charge is 2.21. The van der Waals surface area contributed by atoms with Crippen LogP contribution in [0.4, 0.5) is 10.5 Å². The number of hydrogen-bond donors (Lipinski definition) is 1. The lowest BCUT2D eigenvalue weighted by atomic mass is 10.0. The predicted octanol–water partition coefficient (Wildman–Crippen LogP) is 6.63. The molecule has 4 aromatic carbocycles. The second-order valence-electron chi connectivity index (χ2n) is 11.3. The Morgan fingerprint density at radius 3 is 2.17 bits per heavy atom. The summed E-state index contributed by atoms with van der Waals surface area (Å²) in [5.41, 5.74) is 5.15. The Hall–Kier alpha value is -5.88. The monoisotopic (exact) mass is 644 g/mol. The zero-order valence-corrected chi connectivity index (χ0v) is 26.7. The Kier molecular flexibility index (Phi) is 11.6. The maximum Gasteiger partial charge on any atom is 0.514 e. The summed E-state index contributed by atoms with van der Waals surface area (Å²) in [5, 5.41) is 2.82. The highest BCUT2D eigenvalue weighted by molar-refractivity contribution is 5.95. The molecule has 9 heteroatoms. The molecule has 0 atom stereocenters. The molecule has 1 aliphatic heterocycles. The maximum atomic E-state index is 13.3. The van der Waals surface area contributed by atoms with Crippen molar-refractivity contribution < 1.29 is 33.4 Å². The minimum absolute atomic E-state index is 0.00504. The van der Waals surface area contributed by atoms with E-state index in [1.807, 2.05) is 67.6 Å². The number of carbonyl (C=O) groups is 4. The minimum Gasteiger partial charge on any atom is -0.429 e. The van der Waals surface area contributed by atoms with Crippen LogP contribution in [0.1, 0.15) is 59.9 Å². The van der Waals surface area contributed by atoms with Crippen molar-refractivity contribution in [3.05, 3.63) is 125 Å². The van der Waals surface area contributed by atoms with Crippen molar-refractivity contribution in [3.63, 3.8) is 0 Å². The van der Waals surface area contributed by atoms with E-state index in [-0.39, 0.29) is 44.2 Å². The Morgan fingerprint density at radius 1 is 0.729 bits per heavy atom. The molecule has 1 N–H and O–H groups in total. The summed E-state index contributed by atoms with van der Waals surface area (Å²) < 4.78 is 15.7. The Morgan fingerprint density at radius 2 is 1.38 bits per heavy atom. The quantitative estimate of drug-likeness (QED) is 0.0606. The summed E-state index contributed by atoms with van der Waals surface area (Å²) in [6.45, 7) is 2.55. The summed E-state index contributed by atoms with van der Waals surface area (Å²) in [4.78, 5) is 51.7. The summed E-state index contributed by atoms with van der Waals surface area (Å²) >= 11 is 0. The van der Waals surface area contributed by atoms with E-state index in [0.717, 1.165) is 27.9 Å². The molecule has 0 saturated heterocycles. The van der Waals surface area contributed by atoms with Crippen LogP contribution in [0.2, 0.25) is 0 Å². The number of ether oxygens (including phenoxy) is 3. The van der Waals surface area contributed by atoms with Gasteiger partial charge in [-0.3, -0.25) is 14.4 Å². The van der Waals surface area contributed by atoms with Gasteiger partial charge < -0.3 is 24.4 Å². The smallest absolute Gasteiger partial charge is 0.429 e. The lowest BCUT2D eigenvalue weighted by Gasteiger charge is -2.26. The molecule has 244 valence electrons. The minimum atomic E-state index is -0.812. The molecule has 1 aliphatic rings. The lowest BCUT2D eigenvalue weighted by molar-refractivity contribution is -0.134. The van der Waals surface area contributed by atoms with E-state index in [0.29, 0.717) is 36.4 Å². The highest BCUT2D eigenvalue weighted by atomic mass is 16.7. The van der Waals surface area contributed by atoms with Gasteiger partial charge in [0.1, 0.15) is 18.1 Å². The number of benzene rings is 4. The van der Waals surface area contributed by atoms with E-state index < -0.39 is 12.1 Å². The number of rotatable bonds is 12. The van der Waals surface area contributed by atoms with E-state index >= 15 is 0 Å². The van der Waals surface area contributed by atoms with E-state index in [1.165, 1.54) is 0 Å². The van der Waals surface area contributed by atoms with Crippen molar-refractivity contribution in [3.8, 4) is 23.3 Å². The fourth-order valence-electron chi connectivity index (χ4n) is 5.01. The molecule has 0 unspecified atom stereocenters. The van der Waals surface area contributed by atoms with Crippen molar-refractivity contribution in [2.45, 2.75) is 52.2 Å². The molecule has 9 nitrogen and oxygen atoms in total. The van der Waals surface area contributed by atoms with E-state index in [1.54, 1.807) is 41.3 Å². The average Bonchev–Trinajstić information content (AvgIpc) is 3.08. The van der Waals surface area contributed by atoms with Crippen LogP contribution in [-0.2, 0) is 32.3 Å². The number of fused-ring (bicyclic) bond motifs is 2. The number of anilines is 1. The van der Waals surface area contributed by atoms with Gasteiger partial charge in [0, 0.05) is 36.9 Å². The molecule has 0 radical (unpaired) electrons. The first-order valence-electron chi connectivity index (χ1n) is 15.8. The van der Waals surface area contributed by atoms with E-state index in [4.69, 9.17) is 14.2 Å². The van der Waals surface area contributed by atoms with Gasteiger partial charge in [0.05, 0.1) is 12.2 Å². The third-order valence-electron chi connectivity index (χ3n) is 7.60. The number of amides is 2. The van der Waals surface area contributed by atoms with Crippen molar-refractivity contribution >= 4 is 29.6 Å². The maximum absolute atomic E-state index is 13.3. The normalized spacial score (nSPS) is 11.4. The van der Waals surface area contributed by atoms with Gasteiger partial charge in [-0.25, -0.2) is 4.79 Å². The SMILES string of the molecule is Cc1ccc(OC(=O)OCc2ccc(OC(=O)CCCCC(=O)NCCC(=O)N3Cc4ccccc4C#Cc4ccccc43)cc2)cc1. The van der Waals surface area contributed by atoms with Crippen LogP contribution in [-0.4, -0.2) is 30.5 Å². The van der Waals surface area contributed by atoms with Gasteiger partial charge in [-0.05, 0) is 73.4 Å². The Labute approximate surface area is 279 Å². The molecule has 4 aromatic rings. The zero-order chi connectivity index (χ0) is 33.7. The first-order chi connectivity index (χ1) is 23.3.